The number of nitrogens with one attached hydrogen (secondary N) is 1. The number of likely N-dealkylation sites (N-methyl/N-ethyl adjacent to an activating group) is 1. The summed E-state index contributed by atoms with van der Waals surface area (Å²) in [6.07, 6.45) is 5.31. The van der Waals surface area contributed by atoms with Gasteiger partial charge in [0.1, 0.15) is 0 Å². The molecule has 7 nitrogen and oxygen atoms in total. The lowest BCUT2D eigenvalue weighted by Gasteiger charge is -2.23. The Morgan fingerprint density at radius 1 is 1.03 bits per heavy atom. The zero-order chi connectivity index (χ0) is 23.3. The van der Waals surface area contributed by atoms with E-state index in [-0.39, 0.29) is 23.4 Å². The number of sulfonamides is 1. The Morgan fingerprint density at radius 2 is 1.72 bits per heavy atom. The van der Waals surface area contributed by atoms with Gasteiger partial charge in [0.15, 0.2) is 11.5 Å². The minimum atomic E-state index is -3.87. The van der Waals surface area contributed by atoms with Gasteiger partial charge in [0.25, 0.3) is 0 Å². The van der Waals surface area contributed by atoms with Crippen molar-refractivity contribution in [2.45, 2.75) is 50.0 Å². The van der Waals surface area contributed by atoms with Crippen LogP contribution < -0.4 is 14.8 Å². The molecule has 2 aromatic carbocycles. The number of ether oxygens (including phenoxy) is 2. The Balaban J connectivity index is 1.70. The van der Waals surface area contributed by atoms with Crippen LogP contribution in [0.15, 0.2) is 41.3 Å². The van der Waals surface area contributed by atoms with Crippen molar-refractivity contribution < 1.29 is 22.7 Å². The molecule has 0 fully saturated rings. The third-order valence-corrected chi connectivity index (χ3v) is 7.75. The van der Waals surface area contributed by atoms with Gasteiger partial charge >= 0.3 is 0 Å². The maximum Gasteiger partial charge on any atom is 0.243 e. The lowest BCUT2D eigenvalue weighted by atomic mass is 9.89. The minimum absolute atomic E-state index is 0.0344. The summed E-state index contributed by atoms with van der Waals surface area (Å²) >= 11 is 0. The highest BCUT2D eigenvalue weighted by molar-refractivity contribution is 7.89. The molecule has 0 aliphatic heterocycles. The van der Waals surface area contributed by atoms with Crippen molar-refractivity contribution in [2.75, 3.05) is 27.8 Å². The molecule has 174 valence electrons. The van der Waals surface area contributed by atoms with Crippen molar-refractivity contribution in [1.29, 1.82) is 0 Å². The number of nitrogens with zero attached hydrogens (tertiary/aromatic N) is 1. The smallest absolute Gasteiger partial charge is 0.243 e. The summed E-state index contributed by atoms with van der Waals surface area (Å²) in [5.41, 5.74) is 3.81. The summed E-state index contributed by atoms with van der Waals surface area (Å²) in [6, 6.07) is 10.6. The van der Waals surface area contributed by atoms with Gasteiger partial charge in [-0.3, -0.25) is 4.79 Å². The number of hydrogen-bond donors (Lipinski definition) is 1. The van der Waals surface area contributed by atoms with Crippen LogP contribution in [0.4, 0.5) is 0 Å². The maximum absolute atomic E-state index is 13.0. The van der Waals surface area contributed by atoms with E-state index in [0.717, 1.165) is 29.1 Å². The van der Waals surface area contributed by atoms with E-state index in [4.69, 9.17) is 9.47 Å². The summed E-state index contributed by atoms with van der Waals surface area (Å²) in [7, 11) is 0.443. The monoisotopic (exact) mass is 460 g/mol. The minimum Gasteiger partial charge on any atom is -0.493 e. The summed E-state index contributed by atoms with van der Waals surface area (Å²) in [5, 5.41) is 3.00. The zero-order valence-corrected chi connectivity index (χ0v) is 20.0. The molecule has 1 aliphatic rings. The number of methoxy groups -OCH3 is 2. The molecular weight excluding hydrogens is 428 g/mol. The number of benzene rings is 2. The van der Waals surface area contributed by atoms with Gasteiger partial charge in [0.2, 0.25) is 15.9 Å². The molecule has 0 radical (unpaired) electrons. The first-order valence-electron chi connectivity index (χ1n) is 10.9. The number of hydrogen-bond acceptors (Lipinski definition) is 5. The van der Waals surface area contributed by atoms with Crippen molar-refractivity contribution in [3.8, 4) is 11.5 Å². The van der Waals surface area contributed by atoms with Crippen LogP contribution >= 0.6 is 0 Å². The number of amides is 1. The molecule has 1 atom stereocenters. The summed E-state index contributed by atoms with van der Waals surface area (Å²) in [5.74, 6) is 0.397. The van der Waals surface area contributed by atoms with Crippen LogP contribution in [0.25, 0.3) is 0 Å². The first-order chi connectivity index (χ1) is 15.3. The van der Waals surface area contributed by atoms with Crippen molar-refractivity contribution in [2.24, 2.45) is 0 Å². The average Bonchev–Trinajstić information content (AvgIpc) is 2.81. The van der Waals surface area contributed by atoms with Crippen LogP contribution in [-0.4, -0.2) is 46.4 Å². The zero-order valence-electron chi connectivity index (χ0n) is 19.2. The standard InChI is InChI=1S/C24H32N2O5S/c1-5-21(19-11-10-17-8-6-7-9-18(17)14-19)25-24(27)16-26(2)32(28,29)20-12-13-22(30-3)23(15-20)31-4/h10-15,21H,5-9,16H2,1-4H3,(H,25,27)/t21-/m1/s1. The van der Waals surface area contributed by atoms with E-state index in [0.29, 0.717) is 11.5 Å². The van der Waals surface area contributed by atoms with Gasteiger partial charge in [0.05, 0.1) is 31.7 Å². The fourth-order valence-electron chi connectivity index (χ4n) is 4.08. The van der Waals surface area contributed by atoms with Gasteiger partial charge < -0.3 is 14.8 Å². The highest BCUT2D eigenvalue weighted by atomic mass is 32.2. The predicted molar refractivity (Wildman–Crippen MR) is 124 cm³/mol. The Labute approximate surface area is 190 Å². The Kier molecular flexibility index (Phi) is 7.79. The van der Waals surface area contributed by atoms with Gasteiger partial charge in [-0.1, -0.05) is 25.1 Å². The Hall–Kier alpha value is -2.58. The normalized spacial score (nSPS) is 14.5. The van der Waals surface area contributed by atoms with E-state index < -0.39 is 10.0 Å². The number of carbonyl (C=O) groups is 1. The summed E-state index contributed by atoms with van der Waals surface area (Å²) in [4.78, 5) is 12.8. The van der Waals surface area contributed by atoms with Crippen molar-refractivity contribution in [3.63, 3.8) is 0 Å². The van der Waals surface area contributed by atoms with E-state index in [1.54, 1.807) is 0 Å². The second kappa shape index (κ2) is 10.4. The molecule has 32 heavy (non-hydrogen) atoms. The van der Waals surface area contributed by atoms with Crippen molar-refractivity contribution >= 4 is 15.9 Å². The first kappa shape index (κ1) is 24.1. The van der Waals surface area contributed by atoms with Crippen molar-refractivity contribution in [3.05, 3.63) is 53.1 Å². The molecular formula is C24H32N2O5S. The molecule has 1 amide bonds. The fraction of sp³-hybridized carbons (Fsp3) is 0.458. The largest absolute Gasteiger partial charge is 0.493 e. The van der Waals surface area contributed by atoms with Gasteiger partial charge in [0, 0.05) is 13.1 Å². The summed E-state index contributed by atoms with van der Waals surface area (Å²) in [6.45, 7) is 1.73. The fourth-order valence-corrected chi connectivity index (χ4v) is 5.22. The molecule has 0 bridgehead atoms. The maximum atomic E-state index is 13.0. The molecule has 0 saturated heterocycles. The third kappa shape index (κ3) is 5.24. The van der Waals surface area contributed by atoms with Crippen LogP contribution in [0.3, 0.4) is 0 Å². The third-order valence-electron chi connectivity index (χ3n) is 5.95. The Morgan fingerprint density at radius 3 is 2.38 bits per heavy atom. The molecule has 3 rings (SSSR count). The van der Waals surface area contributed by atoms with Gasteiger partial charge in [-0.2, -0.15) is 4.31 Å². The van der Waals surface area contributed by atoms with Gasteiger partial charge in [-0.05, 0) is 60.9 Å². The lowest BCUT2D eigenvalue weighted by molar-refractivity contribution is -0.121. The molecule has 8 heteroatoms. The molecule has 1 aliphatic carbocycles. The van der Waals surface area contributed by atoms with E-state index in [1.807, 2.05) is 6.92 Å². The van der Waals surface area contributed by atoms with Crippen LogP contribution in [0, 0.1) is 0 Å². The second-order valence-electron chi connectivity index (χ2n) is 8.04. The van der Waals surface area contributed by atoms with Crippen molar-refractivity contribution in [1.82, 2.24) is 9.62 Å². The molecule has 0 saturated carbocycles. The highest BCUT2D eigenvalue weighted by Gasteiger charge is 2.25. The number of fused-ring (bicyclic) bond motifs is 1. The van der Waals surface area contributed by atoms with Crippen LogP contribution in [0.1, 0.15) is 48.9 Å². The SMILES string of the molecule is CC[C@@H](NC(=O)CN(C)S(=O)(=O)c1ccc(OC)c(OC)c1)c1ccc2c(c1)CCCC2. The molecule has 1 N–H and O–H groups in total. The van der Waals surface area contributed by atoms with Gasteiger partial charge in [-0.15, -0.1) is 0 Å². The average molecular weight is 461 g/mol. The number of carbonyl (C=O) groups excluding carboxylic acids is 1. The molecule has 0 spiro atoms. The van der Waals surface area contributed by atoms with E-state index in [2.05, 4.69) is 23.5 Å². The topological polar surface area (TPSA) is 84.9 Å². The van der Waals surface area contributed by atoms with Crippen LogP contribution in [0.5, 0.6) is 11.5 Å². The van der Waals surface area contributed by atoms with E-state index in [1.165, 1.54) is 63.4 Å². The van der Waals surface area contributed by atoms with E-state index in [9.17, 15) is 13.2 Å². The summed E-state index contributed by atoms with van der Waals surface area (Å²) < 4.78 is 37.4. The quantitative estimate of drug-likeness (QED) is 0.619. The molecule has 0 unspecified atom stereocenters. The van der Waals surface area contributed by atoms with Crippen LogP contribution in [0.2, 0.25) is 0 Å². The molecule has 0 heterocycles. The van der Waals surface area contributed by atoms with Gasteiger partial charge in [-0.25, -0.2) is 8.42 Å². The molecule has 2 aromatic rings. The first-order valence-corrected chi connectivity index (χ1v) is 12.3. The lowest BCUT2D eigenvalue weighted by Crippen LogP contribution is -2.39. The highest BCUT2D eigenvalue weighted by Crippen LogP contribution is 2.30. The number of aryl methyl sites for hydroxylation is 2. The van der Waals surface area contributed by atoms with E-state index >= 15 is 0 Å². The second-order valence-corrected chi connectivity index (χ2v) is 10.1. The number of rotatable bonds is 9. The predicted octanol–water partition coefficient (Wildman–Crippen LogP) is 3.47. The Bertz CT molecular complexity index is 1070. The molecule has 0 aromatic heterocycles. The van der Waals surface area contributed by atoms with Crippen LogP contribution in [-0.2, 0) is 27.7 Å².